The summed E-state index contributed by atoms with van der Waals surface area (Å²) in [5.74, 6) is -1.59. The first-order chi connectivity index (χ1) is 8.41. The molecular weight excluding hydrogens is 238 g/mol. The van der Waals surface area contributed by atoms with Gasteiger partial charge in [-0.15, -0.1) is 0 Å². The van der Waals surface area contributed by atoms with Gasteiger partial charge in [-0.05, 0) is 30.7 Å². The summed E-state index contributed by atoms with van der Waals surface area (Å²) in [4.78, 5) is 22.0. The first kappa shape index (κ1) is 14.0. The Labute approximate surface area is 104 Å². The van der Waals surface area contributed by atoms with Crippen LogP contribution in [0.1, 0.15) is 22.3 Å². The third-order valence-corrected chi connectivity index (χ3v) is 2.45. The van der Waals surface area contributed by atoms with Gasteiger partial charge >= 0.3 is 5.97 Å². The minimum Gasteiger partial charge on any atom is -0.508 e. The number of aliphatic hydroxyl groups is 1. The number of aliphatic carboxylic acids is 1. The van der Waals surface area contributed by atoms with E-state index >= 15 is 0 Å². The van der Waals surface area contributed by atoms with Crippen molar-refractivity contribution in [3.63, 3.8) is 0 Å². The molecule has 0 aliphatic carbocycles. The standard InChI is InChI=1S/C12H15NO5/c1-7-6-8(2-3-9(7)14)11(16)13-5-4-10(15)12(17)18/h2-3,6,10,14-15H,4-5H2,1H3,(H,13,16)(H,17,18). The monoisotopic (exact) mass is 253 g/mol. The third-order valence-electron chi connectivity index (χ3n) is 2.45. The number of hydrogen-bond donors (Lipinski definition) is 4. The number of benzene rings is 1. The summed E-state index contributed by atoms with van der Waals surface area (Å²) in [6.45, 7) is 1.73. The lowest BCUT2D eigenvalue weighted by molar-refractivity contribution is -0.146. The predicted octanol–water partition coefficient (Wildman–Crippen LogP) is 0.266. The lowest BCUT2D eigenvalue weighted by Gasteiger charge is -2.08. The van der Waals surface area contributed by atoms with Crippen LogP contribution < -0.4 is 5.32 Å². The molecule has 18 heavy (non-hydrogen) atoms. The van der Waals surface area contributed by atoms with E-state index in [1.807, 2.05) is 0 Å². The van der Waals surface area contributed by atoms with Crippen LogP contribution in [0.4, 0.5) is 0 Å². The molecule has 0 spiro atoms. The molecule has 4 N–H and O–H groups in total. The fraction of sp³-hybridized carbons (Fsp3) is 0.333. The minimum atomic E-state index is -1.48. The number of carbonyl (C=O) groups is 2. The Kier molecular flexibility index (Phi) is 4.67. The summed E-state index contributed by atoms with van der Waals surface area (Å²) in [5.41, 5.74) is 0.948. The van der Waals surface area contributed by atoms with Crippen LogP contribution in [0.25, 0.3) is 0 Å². The first-order valence-electron chi connectivity index (χ1n) is 5.40. The molecule has 1 aromatic carbocycles. The van der Waals surface area contributed by atoms with Crippen LogP contribution in [0.2, 0.25) is 0 Å². The Morgan fingerprint density at radius 3 is 2.61 bits per heavy atom. The van der Waals surface area contributed by atoms with Crippen LogP contribution in [0, 0.1) is 6.92 Å². The number of aromatic hydroxyl groups is 1. The van der Waals surface area contributed by atoms with E-state index in [0.717, 1.165) is 0 Å². The topological polar surface area (TPSA) is 107 Å². The zero-order valence-electron chi connectivity index (χ0n) is 9.88. The van der Waals surface area contributed by atoms with Crippen LogP contribution in [0.15, 0.2) is 18.2 Å². The number of phenolic OH excluding ortho intramolecular Hbond substituents is 1. The van der Waals surface area contributed by atoms with Crippen molar-refractivity contribution in [1.29, 1.82) is 0 Å². The van der Waals surface area contributed by atoms with Crippen LogP contribution in [0.5, 0.6) is 5.75 Å². The van der Waals surface area contributed by atoms with E-state index in [2.05, 4.69) is 5.32 Å². The maximum absolute atomic E-state index is 11.6. The Balaban J connectivity index is 2.50. The maximum atomic E-state index is 11.6. The molecule has 0 bridgehead atoms. The van der Waals surface area contributed by atoms with Crippen LogP contribution in [-0.4, -0.2) is 39.8 Å². The quantitative estimate of drug-likeness (QED) is 0.602. The van der Waals surface area contributed by atoms with Crippen molar-refractivity contribution in [2.45, 2.75) is 19.4 Å². The van der Waals surface area contributed by atoms with Crippen LogP contribution in [-0.2, 0) is 4.79 Å². The molecular formula is C12H15NO5. The Hall–Kier alpha value is -2.08. The lowest BCUT2D eigenvalue weighted by atomic mass is 10.1. The Bertz CT molecular complexity index is 458. The smallest absolute Gasteiger partial charge is 0.332 e. The number of carboxylic acids is 1. The molecule has 1 unspecified atom stereocenters. The van der Waals surface area contributed by atoms with Crippen LogP contribution >= 0.6 is 0 Å². The Morgan fingerprint density at radius 1 is 1.39 bits per heavy atom. The maximum Gasteiger partial charge on any atom is 0.332 e. The van der Waals surface area contributed by atoms with E-state index in [-0.39, 0.29) is 24.6 Å². The van der Waals surface area contributed by atoms with Gasteiger partial charge in [0.2, 0.25) is 0 Å². The summed E-state index contributed by atoms with van der Waals surface area (Å²) in [7, 11) is 0. The van der Waals surface area contributed by atoms with Crippen molar-refractivity contribution in [3.8, 4) is 5.75 Å². The van der Waals surface area contributed by atoms with E-state index in [1.54, 1.807) is 6.92 Å². The summed E-state index contributed by atoms with van der Waals surface area (Å²) < 4.78 is 0. The number of phenols is 1. The van der Waals surface area contributed by atoms with Gasteiger partial charge in [-0.25, -0.2) is 4.79 Å². The number of hydrogen-bond acceptors (Lipinski definition) is 4. The molecule has 0 saturated heterocycles. The van der Waals surface area contributed by atoms with Gasteiger partial charge < -0.3 is 20.6 Å². The molecule has 0 saturated carbocycles. The van der Waals surface area contributed by atoms with E-state index in [0.29, 0.717) is 11.1 Å². The number of amides is 1. The zero-order valence-corrected chi connectivity index (χ0v) is 9.88. The predicted molar refractivity (Wildman–Crippen MR) is 63.4 cm³/mol. The van der Waals surface area contributed by atoms with Crippen molar-refractivity contribution in [3.05, 3.63) is 29.3 Å². The molecule has 0 radical (unpaired) electrons. The summed E-state index contributed by atoms with van der Waals surface area (Å²) in [6, 6.07) is 4.40. The molecule has 0 fully saturated rings. The average molecular weight is 253 g/mol. The van der Waals surface area contributed by atoms with Crippen molar-refractivity contribution >= 4 is 11.9 Å². The second kappa shape index (κ2) is 6.02. The second-order valence-electron chi connectivity index (χ2n) is 3.90. The second-order valence-corrected chi connectivity index (χ2v) is 3.90. The Morgan fingerprint density at radius 2 is 2.06 bits per heavy atom. The zero-order chi connectivity index (χ0) is 13.7. The first-order valence-corrected chi connectivity index (χ1v) is 5.40. The number of carboxylic acid groups (broad SMARTS) is 1. The molecule has 1 atom stereocenters. The average Bonchev–Trinajstić information content (AvgIpc) is 2.32. The van der Waals surface area contributed by atoms with E-state index in [4.69, 9.17) is 10.2 Å². The molecule has 0 aliphatic rings. The number of nitrogens with one attached hydrogen (secondary N) is 1. The molecule has 6 nitrogen and oxygen atoms in total. The highest BCUT2D eigenvalue weighted by Gasteiger charge is 2.13. The SMILES string of the molecule is Cc1cc(C(=O)NCCC(O)C(=O)O)ccc1O. The summed E-state index contributed by atoms with van der Waals surface area (Å²) in [5, 5.41) is 29.2. The van der Waals surface area contributed by atoms with Gasteiger partial charge in [-0.2, -0.15) is 0 Å². The fourth-order valence-corrected chi connectivity index (χ4v) is 1.34. The van der Waals surface area contributed by atoms with Gasteiger partial charge in [0.1, 0.15) is 5.75 Å². The van der Waals surface area contributed by atoms with Gasteiger partial charge in [-0.1, -0.05) is 0 Å². The lowest BCUT2D eigenvalue weighted by Crippen LogP contribution is -2.30. The van der Waals surface area contributed by atoms with Crippen molar-refractivity contribution in [2.24, 2.45) is 0 Å². The molecule has 0 heterocycles. The van der Waals surface area contributed by atoms with Gasteiger partial charge in [0.25, 0.3) is 5.91 Å². The van der Waals surface area contributed by atoms with Gasteiger partial charge in [0, 0.05) is 18.5 Å². The molecule has 1 rings (SSSR count). The molecule has 1 aromatic rings. The van der Waals surface area contributed by atoms with E-state index in [9.17, 15) is 14.7 Å². The molecule has 6 heteroatoms. The highest BCUT2D eigenvalue weighted by molar-refractivity contribution is 5.94. The van der Waals surface area contributed by atoms with Gasteiger partial charge in [0.05, 0.1) is 0 Å². The molecule has 0 aliphatic heterocycles. The number of aliphatic hydroxyl groups excluding tert-OH is 1. The van der Waals surface area contributed by atoms with Crippen molar-refractivity contribution < 1.29 is 24.9 Å². The number of aryl methyl sites for hydroxylation is 1. The molecule has 1 amide bonds. The molecule has 0 aromatic heterocycles. The van der Waals surface area contributed by atoms with Crippen molar-refractivity contribution in [1.82, 2.24) is 5.32 Å². The third kappa shape index (κ3) is 3.74. The van der Waals surface area contributed by atoms with E-state index in [1.165, 1.54) is 18.2 Å². The van der Waals surface area contributed by atoms with E-state index < -0.39 is 12.1 Å². The highest BCUT2D eigenvalue weighted by Crippen LogP contribution is 2.16. The van der Waals surface area contributed by atoms with Crippen molar-refractivity contribution in [2.75, 3.05) is 6.54 Å². The summed E-state index contributed by atoms with van der Waals surface area (Å²) in [6.07, 6.45) is -1.54. The number of rotatable bonds is 5. The fourth-order valence-electron chi connectivity index (χ4n) is 1.34. The summed E-state index contributed by atoms with van der Waals surface area (Å²) >= 11 is 0. The normalized spacial score (nSPS) is 11.9. The largest absolute Gasteiger partial charge is 0.508 e. The van der Waals surface area contributed by atoms with Gasteiger partial charge in [0.15, 0.2) is 6.10 Å². The highest BCUT2D eigenvalue weighted by atomic mass is 16.4. The van der Waals surface area contributed by atoms with Gasteiger partial charge in [-0.3, -0.25) is 4.79 Å². The molecule has 98 valence electrons. The van der Waals surface area contributed by atoms with Crippen LogP contribution in [0.3, 0.4) is 0 Å². The minimum absolute atomic E-state index is 0.0574. The number of carbonyl (C=O) groups excluding carboxylic acids is 1.